The number of nitrogens with one attached hydrogen (secondary N) is 2. The molecule has 1 aliphatic heterocycles. The molecule has 2 N–H and O–H groups in total. The van der Waals surface area contributed by atoms with Crippen LogP contribution in [-0.2, 0) is 16.1 Å². The van der Waals surface area contributed by atoms with E-state index < -0.39 is 0 Å². The van der Waals surface area contributed by atoms with E-state index in [1.54, 1.807) is 12.4 Å². The van der Waals surface area contributed by atoms with E-state index in [2.05, 4.69) is 15.6 Å². The molecule has 0 bridgehead atoms. The Morgan fingerprint density at radius 3 is 3.21 bits per heavy atom. The third kappa shape index (κ3) is 4.96. The van der Waals surface area contributed by atoms with E-state index in [1.165, 1.54) is 0 Å². The molecule has 1 aromatic rings. The molecule has 2 rings (SSSR count). The Morgan fingerprint density at radius 1 is 1.53 bits per heavy atom. The van der Waals surface area contributed by atoms with Gasteiger partial charge in [-0.3, -0.25) is 9.78 Å². The Hall–Kier alpha value is -1.46. The molecule has 1 aromatic heterocycles. The summed E-state index contributed by atoms with van der Waals surface area (Å²) in [7, 11) is 0. The van der Waals surface area contributed by atoms with Gasteiger partial charge in [0.25, 0.3) is 0 Å². The Balaban J connectivity index is 1.55. The van der Waals surface area contributed by atoms with Gasteiger partial charge in [-0.2, -0.15) is 0 Å². The molecule has 1 fully saturated rings. The maximum absolute atomic E-state index is 11.8. The Kier molecular flexibility index (Phi) is 5.78. The molecule has 0 aliphatic carbocycles. The van der Waals surface area contributed by atoms with Gasteiger partial charge in [-0.15, -0.1) is 0 Å². The fourth-order valence-corrected chi connectivity index (χ4v) is 2.12. The number of amides is 1. The molecule has 0 aromatic carbocycles. The SMILES string of the molecule is O=C(NCCOCc1cccnc1)C1CCCCN1. The lowest BCUT2D eigenvalue weighted by Crippen LogP contribution is -2.47. The minimum atomic E-state index is -0.0212. The third-order valence-corrected chi connectivity index (χ3v) is 3.16. The van der Waals surface area contributed by atoms with E-state index in [-0.39, 0.29) is 11.9 Å². The first-order valence-corrected chi connectivity index (χ1v) is 6.84. The number of hydrogen-bond acceptors (Lipinski definition) is 4. The number of carbonyl (C=O) groups excluding carboxylic acids is 1. The van der Waals surface area contributed by atoms with Gasteiger partial charge in [0.15, 0.2) is 0 Å². The van der Waals surface area contributed by atoms with Crippen molar-refractivity contribution in [3.8, 4) is 0 Å². The molecule has 2 heterocycles. The second-order valence-corrected chi connectivity index (χ2v) is 4.71. The lowest BCUT2D eigenvalue weighted by Gasteiger charge is -2.22. The number of aromatic nitrogens is 1. The topological polar surface area (TPSA) is 63.2 Å². The average Bonchev–Trinajstić information content (AvgIpc) is 2.49. The number of ether oxygens (including phenoxy) is 1. The van der Waals surface area contributed by atoms with E-state index in [4.69, 9.17) is 4.74 Å². The van der Waals surface area contributed by atoms with E-state index in [9.17, 15) is 4.79 Å². The molecular weight excluding hydrogens is 242 g/mol. The van der Waals surface area contributed by atoms with Crippen molar-refractivity contribution in [1.29, 1.82) is 0 Å². The molecule has 19 heavy (non-hydrogen) atoms. The molecule has 1 aliphatic rings. The molecule has 1 saturated heterocycles. The fourth-order valence-electron chi connectivity index (χ4n) is 2.12. The molecular formula is C14H21N3O2. The van der Waals surface area contributed by atoms with Crippen molar-refractivity contribution in [2.24, 2.45) is 0 Å². The van der Waals surface area contributed by atoms with Crippen LogP contribution in [-0.4, -0.2) is 36.6 Å². The van der Waals surface area contributed by atoms with Crippen LogP contribution in [0, 0.1) is 0 Å². The second-order valence-electron chi connectivity index (χ2n) is 4.71. The van der Waals surface area contributed by atoms with E-state index in [1.807, 2.05) is 12.1 Å². The van der Waals surface area contributed by atoms with Crippen LogP contribution in [0.5, 0.6) is 0 Å². The zero-order chi connectivity index (χ0) is 13.3. The largest absolute Gasteiger partial charge is 0.375 e. The van der Waals surface area contributed by atoms with E-state index in [0.29, 0.717) is 19.8 Å². The lowest BCUT2D eigenvalue weighted by molar-refractivity contribution is -0.123. The highest BCUT2D eigenvalue weighted by molar-refractivity contribution is 5.81. The summed E-state index contributed by atoms with van der Waals surface area (Å²) < 4.78 is 5.48. The van der Waals surface area contributed by atoms with Crippen molar-refractivity contribution >= 4 is 5.91 Å². The maximum atomic E-state index is 11.8. The van der Waals surface area contributed by atoms with Gasteiger partial charge in [-0.1, -0.05) is 12.5 Å². The predicted molar refractivity (Wildman–Crippen MR) is 72.5 cm³/mol. The Morgan fingerprint density at radius 2 is 2.47 bits per heavy atom. The standard InChI is InChI=1S/C14H21N3O2/c18-14(13-5-1-2-7-16-13)17-8-9-19-11-12-4-3-6-15-10-12/h3-4,6,10,13,16H,1-2,5,7-9,11H2,(H,17,18). The first kappa shape index (κ1) is 14.0. The quantitative estimate of drug-likeness (QED) is 0.747. The van der Waals surface area contributed by atoms with Crippen molar-refractivity contribution in [3.05, 3.63) is 30.1 Å². The Labute approximate surface area is 113 Å². The lowest BCUT2D eigenvalue weighted by atomic mass is 10.0. The summed E-state index contributed by atoms with van der Waals surface area (Å²) in [5.74, 6) is 0.0877. The smallest absolute Gasteiger partial charge is 0.237 e. The number of carbonyl (C=O) groups is 1. The van der Waals surface area contributed by atoms with Gasteiger partial charge >= 0.3 is 0 Å². The first-order valence-electron chi connectivity index (χ1n) is 6.84. The van der Waals surface area contributed by atoms with Gasteiger partial charge in [0.2, 0.25) is 5.91 Å². The van der Waals surface area contributed by atoms with Crippen LogP contribution >= 0.6 is 0 Å². The first-order chi connectivity index (χ1) is 9.36. The number of nitrogens with zero attached hydrogens (tertiary/aromatic N) is 1. The van der Waals surface area contributed by atoms with Gasteiger partial charge in [-0.05, 0) is 31.0 Å². The fraction of sp³-hybridized carbons (Fsp3) is 0.571. The second kappa shape index (κ2) is 7.86. The monoisotopic (exact) mass is 263 g/mol. The molecule has 0 spiro atoms. The molecule has 1 amide bonds. The number of pyridine rings is 1. The highest BCUT2D eigenvalue weighted by Gasteiger charge is 2.19. The van der Waals surface area contributed by atoms with Crippen molar-refractivity contribution in [2.45, 2.75) is 31.9 Å². The normalized spacial score (nSPS) is 19.1. The van der Waals surface area contributed by atoms with Crippen LogP contribution in [0.2, 0.25) is 0 Å². The summed E-state index contributed by atoms with van der Waals surface area (Å²) in [6, 6.07) is 3.83. The summed E-state index contributed by atoms with van der Waals surface area (Å²) in [5.41, 5.74) is 1.04. The highest BCUT2D eigenvalue weighted by atomic mass is 16.5. The van der Waals surface area contributed by atoms with Gasteiger partial charge in [0.05, 0.1) is 19.3 Å². The van der Waals surface area contributed by atoms with Crippen molar-refractivity contribution in [1.82, 2.24) is 15.6 Å². The van der Waals surface area contributed by atoms with Crippen LogP contribution in [0.15, 0.2) is 24.5 Å². The summed E-state index contributed by atoms with van der Waals surface area (Å²) in [5, 5.41) is 6.12. The van der Waals surface area contributed by atoms with Crippen molar-refractivity contribution in [2.75, 3.05) is 19.7 Å². The zero-order valence-electron chi connectivity index (χ0n) is 11.1. The van der Waals surface area contributed by atoms with Gasteiger partial charge < -0.3 is 15.4 Å². The molecule has 1 unspecified atom stereocenters. The number of piperidine rings is 1. The average molecular weight is 263 g/mol. The molecule has 0 radical (unpaired) electrons. The van der Waals surface area contributed by atoms with Gasteiger partial charge in [0.1, 0.15) is 0 Å². The molecule has 5 nitrogen and oxygen atoms in total. The minimum Gasteiger partial charge on any atom is -0.375 e. The van der Waals surface area contributed by atoms with Crippen LogP contribution in [0.1, 0.15) is 24.8 Å². The van der Waals surface area contributed by atoms with E-state index >= 15 is 0 Å². The van der Waals surface area contributed by atoms with Crippen LogP contribution in [0.4, 0.5) is 0 Å². The maximum Gasteiger partial charge on any atom is 0.237 e. The zero-order valence-corrected chi connectivity index (χ0v) is 11.1. The van der Waals surface area contributed by atoms with E-state index in [0.717, 1.165) is 31.4 Å². The predicted octanol–water partition coefficient (Wildman–Crippen LogP) is 0.856. The molecule has 0 saturated carbocycles. The summed E-state index contributed by atoms with van der Waals surface area (Å²) in [6.07, 6.45) is 6.74. The van der Waals surface area contributed by atoms with Crippen LogP contribution in [0.3, 0.4) is 0 Å². The number of rotatable bonds is 6. The van der Waals surface area contributed by atoms with Crippen LogP contribution < -0.4 is 10.6 Å². The molecule has 104 valence electrons. The third-order valence-electron chi connectivity index (χ3n) is 3.16. The minimum absolute atomic E-state index is 0.0212. The van der Waals surface area contributed by atoms with Crippen molar-refractivity contribution < 1.29 is 9.53 Å². The molecule has 1 atom stereocenters. The highest BCUT2D eigenvalue weighted by Crippen LogP contribution is 2.06. The number of hydrogen-bond donors (Lipinski definition) is 2. The van der Waals surface area contributed by atoms with Crippen molar-refractivity contribution in [3.63, 3.8) is 0 Å². The van der Waals surface area contributed by atoms with Gasteiger partial charge in [0, 0.05) is 18.9 Å². The summed E-state index contributed by atoms with van der Waals surface area (Å²) in [4.78, 5) is 15.8. The summed E-state index contributed by atoms with van der Waals surface area (Å²) >= 11 is 0. The summed E-state index contributed by atoms with van der Waals surface area (Å²) in [6.45, 7) is 2.55. The van der Waals surface area contributed by atoms with Crippen LogP contribution in [0.25, 0.3) is 0 Å². The van der Waals surface area contributed by atoms with Gasteiger partial charge in [-0.25, -0.2) is 0 Å². The Bertz CT molecular complexity index is 378. The molecule has 5 heteroatoms.